The number of thiazole rings is 1. The molecule has 0 fully saturated rings. The number of fused-ring (bicyclic) bond motifs is 1. The van der Waals surface area contributed by atoms with Crippen molar-refractivity contribution in [3.8, 4) is 11.3 Å². The summed E-state index contributed by atoms with van der Waals surface area (Å²) in [6.45, 7) is 2.09. The van der Waals surface area contributed by atoms with E-state index >= 15 is 0 Å². The van der Waals surface area contributed by atoms with Crippen LogP contribution >= 0.6 is 11.3 Å². The van der Waals surface area contributed by atoms with Crippen LogP contribution in [0.1, 0.15) is 5.56 Å². The third-order valence-corrected chi connectivity index (χ3v) is 4.60. The first-order chi connectivity index (χ1) is 11.3. The highest BCUT2D eigenvalue weighted by molar-refractivity contribution is 7.14. The minimum atomic E-state index is 0.915. The van der Waals surface area contributed by atoms with Crippen molar-refractivity contribution in [3.05, 3.63) is 77.7 Å². The fourth-order valence-electron chi connectivity index (χ4n) is 2.75. The molecule has 0 amide bonds. The van der Waals surface area contributed by atoms with Crippen molar-refractivity contribution >= 4 is 32.9 Å². The van der Waals surface area contributed by atoms with Crippen molar-refractivity contribution in [3.63, 3.8) is 0 Å². The maximum absolute atomic E-state index is 4.76. The van der Waals surface area contributed by atoms with E-state index in [1.165, 1.54) is 21.9 Å². The lowest BCUT2D eigenvalue weighted by molar-refractivity contribution is 1.38. The van der Waals surface area contributed by atoms with Crippen molar-refractivity contribution in [2.45, 2.75) is 6.92 Å². The highest BCUT2D eigenvalue weighted by Gasteiger charge is 2.08. The first-order valence-corrected chi connectivity index (χ1v) is 8.45. The lowest BCUT2D eigenvalue weighted by atomic mass is 10.0. The molecule has 1 N–H and O–H groups in total. The molecule has 0 aliphatic heterocycles. The lowest BCUT2D eigenvalue weighted by Crippen LogP contribution is -1.90. The largest absolute Gasteiger partial charge is 0.332 e. The summed E-state index contributed by atoms with van der Waals surface area (Å²) in [5.74, 6) is 0. The summed E-state index contributed by atoms with van der Waals surface area (Å²) >= 11 is 1.63. The smallest absolute Gasteiger partial charge is 0.187 e. The molecule has 0 saturated carbocycles. The summed E-state index contributed by atoms with van der Waals surface area (Å²) < 4.78 is 0. The van der Waals surface area contributed by atoms with Crippen LogP contribution in [-0.4, -0.2) is 4.98 Å². The fourth-order valence-corrected chi connectivity index (χ4v) is 3.48. The molecule has 0 bridgehead atoms. The standard InChI is InChI=1S/C20H16N2S/c1-14-6-4-9-16(12-14)21-20-22-19(13-23-20)18-11-5-8-15-7-2-3-10-17(15)18/h2-13H,1H3,(H,21,22). The number of rotatable bonds is 3. The van der Waals surface area contributed by atoms with Crippen molar-refractivity contribution in [1.29, 1.82) is 0 Å². The predicted octanol–water partition coefficient (Wildman–Crippen LogP) is 6.02. The minimum Gasteiger partial charge on any atom is -0.332 e. The van der Waals surface area contributed by atoms with Crippen LogP contribution < -0.4 is 5.32 Å². The number of nitrogens with one attached hydrogen (secondary N) is 1. The van der Waals surface area contributed by atoms with Gasteiger partial charge in [-0.05, 0) is 35.4 Å². The quantitative estimate of drug-likeness (QED) is 0.500. The predicted molar refractivity (Wildman–Crippen MR) is 99.5 cm³/mol. The summed E-state index contributed by atoms with van der Waals surface area (Å²) in [5.41, 5.74) is 4.50. The zero-order chi connectivity index (χ0) is 15.6. The van der Waals surface area contributed by atoms with Gasteiger partial charge in [-0.15, -0.1) is 11.3 Å². The minimum absolute atomic E-state index is 0.915. The first-order valence-electron chi connectivity index (χ1n) is 7.57. The Morgan fingerprint density at radius 1 is 0.913 bits per heavy atom. The summed E-state index contributed by atoms with van der Waals surface area (Å²) in [7, 11) is 0. The van der Waals surface area contributed by atoms with Gasteiger partial charge in [-0.1, -0.05) is 54.6 Å². The molecule has 0 aliphatic rings. The second-order valence-corrected chi connectivity index (χ2v) is 6.42. The van der Waals surface area contributed by atoms with Crippen molar-refractivity contribution in [2.75, 3.05) is 5.32 Å². The van der Waals surface area contributed by atoms with E-state index in [-0.39, 0.29) is 0 Å². The molecule has 4 rings (SSSR count). The van der Waals surface area contributed by atoms with Gasteiger partial charge in [0.15, 0.2) is 5.13 Å². The van der Waals surface area contributed by atoms with E-state index in [0.29, 0.717) is 0 Å². The Hall–Kier alpha value is -2.65. The molecule has 0 spiro atoms. The molecule has 0 atom stereocenters. The average Bonchev–Trinajstić information content (AvgIpc) is 3.02. The van der Waals surface area contributed by atoms with Gasteiger partial charge in [0, 0.05) is 16.6 Å². The molecule has 0 radical (unpaired) electrons. The zero-order valence-electron chi connectivity index (χ0n) is 12.8. The Morgan fingerprint density at radius 2 is 1.74 bits per heavy atom. The van der Waals surface area contributed by atoms with Crippen LogP contribution in [0.4, 0.5) is 10.8 Å². The summed E-state index contributed by atoms with van der Waals surface area (Å²) in [5, 5.41) is 8.90. The second kappa shape index (κ2) is 5.86. The molecule has 23 heavy (non-hydrogen) atoms. The monoisotopic (exact) mass is 316 g/mol. The first kappa shape index (κ1) is 14.0. The fraction of sp³-hybridized carbons (Fsp3) is 0.0500. The van der Waals surface area contributed by atoms with E-state index in [1.54, 1.807) is 11.3 Å². The van der Waals surface area contributed by atoms with Gasteiger partial charge in [-0.2, -0.15) is 0 Å². The number of aryl methyl sites for hydroxylation is 1. The number of hydrogen-bond donors (Lipinski definition) is 1. The van der Waals surface area contributed by atoms with E-state index in [1.807, 2.05) is 0 Å². The van der Waals surface area contributed by atoms with Gasteiger partial charge in [0.1, 0.15) is 0 Å². The molecular weight excluding hydrogens is 300 g/mol. The maximum atomic E-state index is 4.76. The molecule has 0 saturated heterocycles. The van der Waals surface area contributed by atoms with Gasteiger partial charge >= 0.3 is 0 Å². The molecule has 112 valence electrons. The highest BCUT2D eigenvalue weighted by Crippen LogP contribution is 2.32. The molecule has 3 heteroatoms. The van der Waals surface area contributed by atoms with Crippen LogP contribution in [0.3, 0.4) is 0 Å². The van der Waals surface area contributed by atoms with Gasteiger partial charge in [0.05, 0.1) is 5.69 Å². The molecule has 0 aliphatic carbocycles. The van der Waals surface area contributed by atoms with Gasteiger partial charge in [0.25, 0.3) is 0 Å². The van der Waals surface area contributed by atoms with E-state index in [4.69, 9.17) is 4.98 Å². The Bertz CT molecular complexity index is 967. The topological polar surface area (TPSA) is 24.9 Å². The molecule has 2 nitrogen and oxygen atoms in total. The van der Waals surface area contributed by atoms with E-state index in [0.717, 1.165) is 16.5 Å². The van der Waals surface area contributed by atoms with Crippen molar-refractivity contribution < 1.29 is 0 Å². The van der Waals surface area contributed by atoms with E-state index in [2.05, 4.69) is 84.4 Å². The number of aromatic nitrogens is 1. The van der Waals surface area contributed by atoms with Gasteiger partial charge in [-0.3, -0.25) is 0 Å². The molecule has 1 heterocycles. The molecule has 0 unspecified atom stereocenters. The van der Waals surface area contributed by atoms with E-state index < -0.39 is 0 Å². The second-order valence-electron chi connectivity index (χ2n) is 5.56. The van der Waals surface area contributed by atoms with Gasteiger partial charge in [0.2, 0.25) is 0 Å². The van der Waals surface area contributed by atoms with Crippen molar-refractivity contribution in [2.24, 2.45) is 0 Å². The lowest BCUT2D eigenvalue weighted by Gasteiger charge is -2.04. The molecule has 3 aromatic carbocycles. The zero-order valence-corrected chi connectivity index (χ0v) is 13.6. The Balaban J connectivity index is 1.70. The van der Waals surface area contributed by atoms with Gasteiger partial charge < -0.3 is 5.32 Å². The Morgan fingerprint density at radius 3 is 2.65 bits per heavy atom. The number of anilines is 2. The van der Waals surface area contributed by atoms with Crippen LogP contribution in [0, 0.1) is 6.92 Å². The number of benzene rings is 3. The highest BCUT2D eigenvalue weighted by atomic mass is 32.1. The third kappa shape index (κ3) is 2.83. The Labute approximate surface area is 139 Å². The van der Waals surface area contributed by atoms with Crippen LogP contribution in [0.2, 0.25) is 0 Å². The van der Waals surface area contributed by atoms with Gasteiger partial charge in [-0.25, -0.2) is 4.98 Å². The summed E-state index contributed by atoms with van der Waals surface area (Å²) in [6, 6.07) is 23.1. The summed E-state index contributed by atoms with van der Waals surface area (Å²) in [6.07, 6.45) is 0. The molecule has 4 aromatic rings. The normalized spacial score (nSPS) is 10.8. The van der Waals surface area contributed by atoms with Crippen LogP contribution in [-0.2, 0) is 0 Å². The van der Waals surface area contributed by atoms with Crippen molar-refractivity contribution in [1.82, 2.24) is 4.98 Å². The van der Waals surface area contributed by atoms with Crippen LogP contribution in [0.25, 0.3) is 22.0 Å². The van der Waals surface area contributed by atoms with Crippen LogP contribution in [0.15, 0.2) is 72.1 Å². The molecular formula is C20H16N2S. The number of nitrogens with zero attached hydrogens (tertiary/aromatic N) is 1. The third-order valence-electron chi connectivity index (χ3n) is 3.84. The van der Waals surface area contributed by atoms with E-state index in [9.17, 15) is 0 Å². The molecule has 1 aromatic heterocycles. The SMILES string of the molecule is Cc1cccc(Nc2nc(-c3cccc4ccccc34)cs2)c1. The van der Waals surface area contributed by atoms with Crippen LogP contribution in [0.5, 0.6) is 0 Å². The maximum Gasteiger partial charge on any atom is 0.187 e. The Kier molecular flexibility index (Phi) is 3.56. The average molecular weight is 316 g/mol. The summed E-state index contributed by atoms with van der Waals surface area (Å²) in [4.78, 5) is 4.76. The number of hydrogen-bond acceptors (Lipinski definition) is 3.